The molecule has 1 aliphatic carbocycles. The topological polar surface area (TPSA) is 64.3 Å². The lowest BCUT2D eigenvalue weighted by molar-refractivity contribution is -0.132. The summed E-state index contributed by atoms with van der Waals surface area (Å²) in [6.45, 7) is 0. The Hall–Kier alpha value is -5.40. The molecular formula is C41H34N2O2. The first-order valence-corrected chi connectivity index (χ1v) is 15.7. The Bertz CT molecular complexity index is 1850. The van der Waals surface area contributed by atoms with Gasteiger partial charge in [-0.3, -0.25) is 0 Å². The van der Waals surface area contributed by atoms with E-state index in [0.717, 1.165) is 24.8 Å². The lowest BCUT2D eigenvalue weighted by atomic mass is 9.86. The van der Waals surface area contributed by atoms with E-state index in [1.165, 1.54) is 57.3 Å². The molecule has 1 N–H and O–H groups in total. The van der Waals surface area contributed by atoms with Crippen LogP contribution in [-0.2, 0) is 11.2 Å². The van der Waals surface area contributed by atoms with Crippen molar-refractivity contribution in [1.29, 1.82) is 5.26 Å². The molecule has 4 nitrogen and oxygen atoms in total. The van der Waals surface area contributed by atoms with Gasteiger partial charge in [0.15, 0.2) is 0 Å². The predicted octanol–water partition coefficient (Wildman–Crippen LogP) is 9.51. The third-order valence-corrected chi connectivity index (χ3v) is 9.46. The maximum atomic E-state index is 11.4. The zero-order valence-corrected chi connectivity index (χ0v) is 25.0. The van der Waals surface area contributed by atoms with E-state index in [0.29, 0.717) is 17.9 Å². The molecule has 45 heavy (non-hydrogen) atoms. The average molecular weight is 587 g/mol. The largest absolute Gasteiger partial charge is 0.477 e. The van der Waals surface area contributed by atoms with Crippen LogP contribution in [0.2, 0.25) is 0 Å². The number of aliphatic carboxylic acids is 1. The van der Waals surface area contributed by atoms with Gasteiger partial charge in [-0.2, -0.15) is 5.26 Å². The van der Waals surface area contributed by atoms with E-state index in [1.807, 2.05) is 6.07 Å². The Morgan fingerprint density at radius 2 is 1.44 bits per heavy atom. The molecule has 5 aromatic rings. The number of rotatable bonds is 8. The van der Waals surface area contributed by atoms with Gasteiger partial charge in [0.25, 0.3) is 0 Å². The van der Waals surface area contributed by atoms with Gasteiger partial charge in [-0.25, -0.2) is 4.79 Å². The third kappa shape index (κ3) is 5.66. The van der Waals surface area contributed by atoms with Gasteiger partial charge in [-0.05, 0) is 88.5 Å². The van der Waals surface area contributed by atoms with Crippen LogP contribution >= 0.6 is 0 Å². The minimum absolute atomic E-state index is 0.247. The molecule has 1 aliphatic heterocycles. The summed E-state index contributed by atoms with van der Waals surface area (Å²) in [7, 11) is 0. The van der Waals surface area contributed by atoms with E-state index in [-0.39, 0.29) is 5.57 Å². The van der Waals surface area contributed by atoms with Crippen LogP contribution in [0.15, 0.2) is 133 Å². The third-order valence-electron chi connectivity index (χ3n) is 9.46. The smallest absolute Gasteiger partial charge is 0.346 e. The second-order valence-corrected chi connectivity index (χ2v) is 12.1. The maximum absolute atomic E-state index is 11.4. The van der Waals surface area contributed by atoms with Crippen molar-refractivity contribution in [1.82, 2.24) is 0 Å². The number of nitrogens with zero attached hydrogens (tertiary/aromatic N) is 2. The number of carbonyl (C=O) groups is 1. The molecule has 2 unspecified atom stereocenters. The zero-order valence-electron chi connectivity index (χ0n) is 25.0. The number of hydrogen-bond acceptors (Lipinski definition) is 3. The highest BCUT2D eigenvalue weighted by Crippen LogP contribution is 2.52. The van der Waals surface area contributed by atoms with Crippen molar-refractivity contribution in [2.24, 2.45) is 0 Å². The summed E-state index contributed by atoms with van der Waals surface area (Å²) in [5.41, 5.74) is 10.5. The minimum Gasteiger partial charge on any atom is -0.477 e. The molecular weight excluding hydrogens is 552 g/mol. The number of hydrogen-bond donors (Lipinski definition) is 1. The summed E-state index contributed by atoms with van der Waals surface area (Å²) in [4.78, 5) is 13.8. The van der Waals surface area contributed by atoms with Gasteiger partial charge in [0.05, 0.1) is 0 Å². The van der Waals surface area contributed by atoms with Crippen LogP contribution in [0.4, 0.5) is 11.4 Å². The monoisotopic (exact) mass is 586 g/mol. The van der Waals surface area contributed by atoms with Crippen molar-refractivity contribution in [3.63, 3.8) is 0 Å². The Labute approximate surface area is 264 Å². The van der Waals surface area contributed by atoms with Crippen LogP contribution in [0.5, 0.6) is 0 Å². The Kier molecular flexibility index (Phi) is 7.76. The van der Waals surface area contributed by atoms with E-state index in [9.17, 15) is 15.2 Å². The van der Waals surface area contributed by atoms with Gasteiger partial charge in [-0.15, -0.1) is 0 Å². The highest BCUT2D eigenvalue weighted by Gasteiger charge is 2.42. The molecule has 1 fully saturated rings. The first-order valence-electron chi connectivity index (χ1n) is 15.7. The van der Waals surface area contributed by atoms with Gasteiger partial charge in [0.2, 0.25) is 0 Å². The highest BCUT2D eigenvalue weighted by molar-refractivity contribution is 5.96. The van der Waals surface area contributed by atoms with Crippen molar-refractivity contribution >= 4 is 23.4 Å². The van der Waals surface area contributed by atoms with Crippen molar-refractivity contribution in [2.45, 2.75) is 43.6 Å². The van der Waals surface area contributed by atoms with Crippen LogP contribution < -0.4 is 4.90 Å². The van der Waals surface area contributed by atoms with Gasteiger partial charge in [0.1, 0.15) is 11.6 Å². The molecule has 0 aromatic heterocycles. The molecule has 5 aromatic carbocycles. The Balaban J connectivity index is 1.12. The molecule has 0 amide bonds. The summed E-state index contributed by atoms with van der Waals surface area (Å²) < 4.78 is 0. The fourth-order valence-electron chi connectivity index (χ4n) is 7.29. The SMILES string of the molecule is N#CC(=Cc1ccc2c(c1)C1CCCC1N2c1ccc(-c2ccc(CC(c3ccccc3)c3ccccc3)cc2)cc1)C(=O)O. The molecule has 4 heteroatoms. The lowest BCUT2D eigenvalue weighted by Crippen LogP contribution is -2.26. The molecule has 1 heterocycles. The van der Waals surface area contributed by atoms with Gasteiger partial charge in [-0.1, -0.05) is 110 Å². The zero-order chi connectivity index (χ0) is 30.8. The number of carboxylic acids is 1. The van der Waals surface area contributed by atoms with Crippen molar-refractivity contribution in [3.05, 3.63) is 161 Å². The summed E-state index contributed by atoms with van der Waals surface area (Å²) in [6.07, 6.45) is 5.82. The fraction of sp³-hybridized carbons (Fsp3) is 0.171. The first-order chi connectivity index (χ1) is 22.1. The number of fused-ring (bicyclic) bond motifs is 3. The summed E-state index contributed by atoms with van der Waals surface area (Å²) in [5, 5.41) is 18.5. The molecule has 1 saturated carbocycles. The minimum atomic E-state index is -1.20. The van der Waals surface area contributed by atoms with Crippen LogP contribution in [0.1, 0.15) is 58.9 Å². The molecule has 0 radical (unpaired) electrons. The summed E-state index contributed by atoms with van der Waals surface area (Å²) >= 11 is 0. The Morgan fingerprint density at radius 3 is 2.04 bits per heavy atom. The molecule has 0 saturated heterocycles. The molecule has 0 spiro atoms. The predicted molar refractivity (Wildman–Crippen MR) is 180 cm³/mol. The van der Waals surface area contributed by atoms with Crippen molar-refractivity contribution in [3.8, 4) is 17.2 Å². The van der Waals surface area contributed by atoms with E-state index in [1.54, 1.807) is 6.07 Å². The van der Waals surface area contributed by atoms with Crippen molar-refractivity contribution in [2.75, 3.05) is 4.90 Å². The normalized spacial score (nSPS) is 17.2. The van der Waals surface area contributed by atoms with E-state index in [2.05, 4.69) is 126 Å². The second kappa shape index (κ2) is 12.3. The number of carboxylic acid groups (broad SMARTS) is 1. The quantitative estimate of drug-likeness (QED) is 0.145. The number of benzene rings is 5. The number of anilines is 2. The Morgan fingerprint density at radius 1 is 0.822 bits per heavy atom. The maximum Gasteiger partial charge on any atom is 0.346 e. The average Bonchev–Trinajstić information content (AvgIpc) is 3.68. The van der Waals surface area contributed by atoms with Crippen molar-refractivity contribution < 1.29 is 9.90 Å². The second-order valence-electron chi connectivity index (χ2n) is 12.1. The number of nitriles is 1. The fourth-order valence-corrected chi connectivity index (χ4v) is 7.29. The molecule has 2 aliphatic rings. The first kappa shape index (κ1) is 28.4. The summed E-state index contributed by atoms with van der Waals surface area (Å²) in [6, 6.07) is 47.6. The van der Waals surface area contributed by atoms with Crippen LogP contribution in [0.25, 0.3) is 17.2 Å². The standard InChI is InChI=1S/C41H34N2O2/c42-27-34(41(44)45)24-29-16-23-40-38(26-29)36-12-7-13-39(36)43(40)35-21-19-31(20-22-35)30-17-14-28(15-18-30)25-37(32-8-3-1-4-9-32)33-10-5-2-6-11-33/h1-6,8-11,14-24,26,36-37,39H,7,12-13,25H2,(H,44,45). The van der Waals surface area contributed by atoms with Crippen LogP contribution in [0, 0.1) is 11.3 Å². The van der Waals surface area contributed by atoms with E-state index >= 15 is 0 Å². The van der Waals surface area contributed by atoms with Gasteiger partial charge >= 0.3 is 5.97 Å². The van der Waals surface area contributed by atoms with Gasteiger partial charge in [0, 0.05) is 29.3 Å². The molecule has 7 rings (SSSR count). The summed E-state index contributed by atoms with van der Waals surface area (Å²) in [5.74, 6) is -0.485. The lowest BCUT2D eigenvalue weighted by Gasteiger charge is -2.27. The van der Waals surface area contributed by atoms with E-state index in [4.69, 9.17) is 0 Å². The molecule has 220 valence electrons. The van der Waals surface area contributed by atoms with Gasteiger partial charge < -0.3 is 10.0 Å². The van der Waals surface area contributed by atoms with E-state index < -0.39 is 5.97 Å². The van der Waals surface area contributed by atoms with Crippen LogP contribution in [-0.4, -0.2) is 17.1 Å². The highest BCUT2D eigenvalue weighted by atomic mass is 16.4. The molecule has 2 atom stereocenters. The van der Waals surface area contributed by atoms with Crippen LogP contribution in [0.3, 0.4) is 0 Å². The molecule has 0 bridgehead atoms.